The molecule has 10 aromatic rings. The lowest BCUT2D eigenvalue weighted by molar-refractivity contribution is 0.195. The van der Waals surface area contributed by atoms with Crippen molar-refractivity contribution in [2.75, 3.05) is 19.6 Å². The number of anilines is 10. The molecule has 0 saturated heterocycles. The van der Waals surface area contributed by atoms with Gasteiger partial charge in [-0.1, -0.05) is 196 Å². The van der Waals surface area contributed by atoms with E-state index in [1.807, 2.05) is 11.3 Å². The quantitative estimate of drug-likeness (QED) is 0.159. The van der Waals surface area contributed by atoms with Crippen LogP contribution >= 0.6 is 11.3 Å². The molecule has 1 aromatic heterocycles. The molecule has 4 nitrogen and oxygen atoms in total. The van der Waals surface area contributed by atoms with E-state index in [1.54, 1.807) is 0 Å². The Bertz CT molecular complexity index is 4370. The van der Waals surface area contributed by atoms with Crippen LogP contribution in [0.15, 0.2) is 188 Å². The van der Waals surface area contributed by atoms with Crippen LogP contribution in [-0.2, 0) is 21.7 Å². The van der Waals surface area contributed by atoms with Crippen LogP contribution in [-0.4, -0.2) is 17.8 Å². The first-order chi connectivity index (χ1) is 40.4. The molecule has 2 aliphatic carbocycles. The Kier molecular flexibility index (Phi) is 11.2. The van der Waals surface area contributed by atoms with Gasteiger partial charge in [0.15, 0.2) is 0 Å². The molecular formula is C78H77BN4S. The van der Waals surface area contributed by atoms with Gasteiger partial charge in [0.1, 0.15) is 0 Å². The molecule has 6 heteroatoms. The van der Waals surface area contributed by atoms with E-state index < -0.39 is 0 Å². The maximum Gasteiger partial charge on any atom is 0.252 e. The van der Waals surface area contributed by atoms with Crippen molar-refractivity contribution < 1.29 is 0 Å². The van der Waals surface area contributed by atoms with Crippen molar-refractivity contribution in [1.29, 1.82) is 0 Å². The van der Waals surface area contributed by atoms with Crippen LogP contribution in [0.3, 0.4) is 0 Å². The second-order valence-corrected chi connectivity index (χ2v) is 29.8. The fourth-order valence-electron chi connectivity index (χ4n) is 17.4. The van der Waals surface area contributed by atoms with Crippen molar-refractivity contribution in [3.05, 3.63) is 210 Å². The summed E-state index contributed by atoms with van der Waals surface area (Å²) in [6.45, 7) is 24.5. The zero-order valence-corrected chi connectivity index (χ0v) is 51.6. The number of hydrogen-bond donors (Lipinski definition) is 0. The molecule has 0 bridgehead atoms. The minimum atomic E-state index is -0.169. The number of rotatable bonds is 5. The van der Waals surface area contributed by atoms with Crippen molar-refractivity contribution in [2.24, 2.45) is 0 Å². The molecule has 2 saturated carbocycles. The van der Waals surface area contributed by atoms with E-state index in [2.05, 4.69) is 277 Å². The Morgan fingerprint density at radius 1 is 0.405 bits per heavy atom. The molecule has 9 aromatic carbocycles. The zero-order chi connectivity index (χ0) is 57.5. The monoisotopic (exact) mass is 1110 g/mol. The van der Waals surface area contributed by atoms with Crippen molar-refractivity contribution in [1.82, 2.24) is 0 Å². The number of para-hydroxylation sites is 2. The molecule has 4 unspecified atom stereocenters. The minimum Gasteiger partial charge on any atom is -0.334 e. The molecule has 16 rings (SSSR count). The van der Waals surface area contributed by atoms with Gasteiger partial charge in [0.05, 0.1) is 22.5 Å². The molecule has 4 atom stereocenters. The summed E-state index contributed by atoms with van der Waals surface area (Å²) in [5.74, 6) is 0. The van der Waals surface area contributed by atoms with E-state index in [0.717, 1.165) is 12.8 Å². The van der Waals surface area contributed by atoms with Crippen molar-refractivity contribution in [3.63, 3.8) is 0 Å². The van der Waals surface area contributed by atoms with Crippen molar-refractivity contribution in [2.45, 2.75) is 153 Å². The van der Waals surface area contributed by atoms with Gasteiger partial charge in [0.2, 0.25) is 0 Å². The lowest BCUT2D eigenvalue weighted by atomic mass is 9.33. The van der Waals surface area contributed by atoms with E-state index >= 15 is 0 Å². The van der Waals surface area contributed by atoms with Gasteiger partial charge in [-0.05, 0) is 167 Å². The van der Waals surface area contributed by atoms with Gasteiger partial charge in [-0.3, -0.25) is 0 Å². The standard InChI is InChI=1S/C78H77BN4S/c1-73(2,3)51-35-39-61(56(45-51)50-25-12-11-13-26-50)80-64-40-36-52(74(4,5)6)46-60(64)79-59-38-37-53(82-62-30-17-15-28-57(62)75(7)41-20-22-43-77(75,82)9)47-66(59)81(65-32-24-34-70-71(65)55-27-14-19-33-69(55)84-70)68-49-54(48-67(80)72(68)79)83-63-31-18-16-29-58(63)76(8)42-21-23-44-78(76,83)10/h11-19,24-40,45-49H,20-23,41-44H2,1-10H3. The van der Waals surface area contributed by atoms with Crippen LogP contribution in [0.1, 0.15) is 143 Å². The van der Waals surface area contributed by atoms with E-state index in [-0.39, 0.29) is 39.5 Å². The van der Waals surface area contributed by atoms with Crippen LogP contribution in [0.4, 0.5) is 56.9 Å². The normalized spacial score (nSPS) is 23.0. The fraction of sp³-hybridized carbons (Fsp3) is 0.308. The SMILES string of the molecule is CC(C)(C)c1ccc2c(c1)B1c3ccc(N4c5ccccc5C5(C)CCCCC45C)cc3N(c3cccc4sc5ccccc5c34)c3cc(N4c5ccccc5C5(C)CCCCC45C)cc(c31)N2c1ccc(C(C)(C)C)cc1-c1ccccc1. The molecule has 84 heavy (non-hydrogen) atoms. The summed E-state index contributed by atoms with van der Waals surface area (Å²) >= 11 is 1.92. The van der Waals surface area contributed by atoms with Crippen LogP contribution in [0.25, 0.3) is 31.3 Å². The Hall–Kier alpha value is -7.54. The smallest absolute Gasteiger partial charge is 0.252 e. The van der Waals surface area contributed by atoms with E-state index in [4.69, 9.17) is 0 Å². The molecule has 2 fully saturated rings. The predicted octanol–water partition coefficient (Wildman–Crippen LogP) is 19.9. The Labute approximate surface area is 502 Å². The van der Waals surface area contributed by atoms with Gasteiger partial charge in [0, 0.05) is 82.1 Å². The van der Waals surface area contributed by atoms with Crippen LogP contribution in [0, 0.1) is 0 Å². The molecule has 6 aliphatic rings. The Balaban J connectivity index is 1.06. The Morgan fingerprint density at radius 3 is 1.58 bits per heavy atom. The number of benzene rings is 9. The zero-order valence-electron chi connectivity index (χ0n) is 50.8. The highest BCUT2D eigenvalue weighted by Gasteiger charge is 2.60. The van der Waals surface area contributed by atoms with Gasteiger partial charge >= 0.3 is 0 Å². The summed E-state index contributed by atoms with van der Waals surface area (Å²) in [4.78, 5) is 11.1. The predicted molar refractivity (Wildman–Crippen MR) is 362 cm³/mol. The first-order valence-corrected chi connectivity index (χ1v) is 32.2. The number of nitrogens with zero attached hydrogens (tertiary/aromatic N) is 4. The second kappa shape index (κ2) is 18.0. The first kappa shape index (κ1) is 52.1. The highest BCUT2D eigenvalue weighted by molar-refractivity contribution is 7.26. The van der Waals surface area contributed by atoms with Crippen LogP contribution in [0.5, 0.6) is 0 Å². The summed E-state index contributed by atoms with van der Waals surface area (Å²) in [5, 5.41) is 2.63. The molecule has 4 aliphatic heterocycles. The van der Waals surface area contributed by atoms with Gasteiger partial charge in [-0.25, -0.2) is 0 Å². The molecule has 5 heterocycles. The molecule has 0 N–H and O–H groups in total. The largest absolute Gasteiger partial charge is 0.334 e. The topological polar surface area (TPSA) is 13.0 Å². The van der Waals surface area contributed by atoms with E-state index in [9.17, 15) is 0 Å². The maximum absolute atomic E-state index is 2.83. The van der Waals surface area contributed by atoms with E-state index in [1.165, 1.54) is 165 Å². The molecule has 0 amide bonds. The average Bonchev–Trinajstić information content (AvgIpc) is 1.64. The third-order valence-electron chi connectivity index (χ3n) is 22.3. The fourth-order valence-corrected chi connectivity index (χ4v) is 18.5. The summed E-state index contributed by atoms with van der Waals surface area (Å²) in [7, 11) is 0. The molecular weight excluding hydrogens is 1040 g/mol. The third-order valence-corrected chi connectivity index (χ3v) is 23.4. The summed E-state index contributed by atoms with van der Waals surface area (Å²) in [6, 6.07) is 74.3. The lowest BCUT2D eigenvalue weighted by Crippen LogP contribution is -2.62. The molecule has 418 valence electrons. The first-order valence-electron chi connectivity index (χ1n) is 31.4. The van der Waals surface area contributed by atoms with Gasteiger partial charge in [-0.15, -0.1) is 11.3 Å². The minimum absolute atomic E-state index is 0.0174. The molecule has 0 radical (unpaired) electrons. The highest BCUT2D eigenvalue weighted by atomic mass is 32.1. The van der Waals surface area contributed by atoms with Crippen LogP contribution < -0.4 is 36.0 Å². The van der Waals surface area contributed by atoms with Crippen LogP contribution in [0.2, 0.25) is 0 Å². The van der Waals surface area contributed by atoms with Crippen molar-refractivity contribution >= 4 is 111 Å². The van der Waals surface area contributed by atoms with Gasteiger partial charge in [-0.2, -0.15) is 0 Å². The molecule has 0 spiro atoms. The number of hydrogen-bond acceptors (Lipinski definition) is 5. The summed E-state index contributed by atoms with van der Waals surface area (Å²) in [5.41, 5.74) is 24.4. The lowest BCUT2D eigenvalue weighted by Gasteiger charge is -2.51. The average molecular weight is 1110 g/mol. The summed E-state index contributed by atoms with van der Waals surface area (Å²) in [6.07, 6.45) is 9.56. The number of fused-ring (bicyclic) bond motifs is 13. The maximum atomic E-state index is 2.83. The highest BCUT2D eigenvalue weighted by Crippen LogP contribution is 2.64. The third kappa shape index (κ3) is 7.07. The Morgan fingerprint density at radius 2 is 0.929 bits per heavy atom. The van der Waals surface area contributed by atoms with Gasteiger partial charge < -0.3 is 19.6 Å². The van der Waals surface area contributed by atoms with Gasteiger partial charge in [0.25, 0.3) is 6.71 Å². The number of thiophene rings is 1. The van der Waals surface area contributed by atoms with E-state index in [0.29, 0.717) is 0 Å². The van der Waals surface area contributed by atoms with Crippen molar-refractivity contribution in [3.8, 4) is 11.1 Å². The second-order valence-electron chi connectivity index (χ2n) is 28.7. The summed E-state index contributed by atoms with van der Waals surface area (Å²) < 4.78 is 2.63.